The first kappa shape index (κ1) is 34.3. The van der Waals surface area contributed by atoms with Gasteiger partial charge in [0, 0.05) is 28.7 Å². The zero-order valence-corrected chi connectivity index (χ0v) is 27.8. The number of carbonyl (C=O) groups excluding carboxylic acids is 1. The number of aliphatic hydroxyl groups is 1. The molecule has 0 radical (unpaired) electrons. The Kier molecular flexibility index (Phi) is 11.3. The summed E-state index contributed by atoms with van der Waals surface area (Å²) >= 11 is 18.5. The quantitative estimate of drug-likeness (QED) is 0.113. The highest BCUT2D eigenvalue weighted by Crippen LogP contribution is 2.43. The molecule has 1 heterocycles. The van der Waals surface area contributed by atoms with Crippen molar-refractivity contribution in [3.05, 3.63) is 125 Å². The number of carbonyl (C=O) groups is 2. The molecule has 0 saturated carbocycles. The third kappa shape index (κ3) is 8.44. The van der Waals surface area contributed by atoms with Crippen LogP contribution in [0.3, 0.4) is 0 Å². The summed E-state index contributed by atoms with van der Waals surface area (Å²) in [7, 11) is 0. The van der Waals surface area contributed by atoms with Crippen molar-refractivity contribution >= 4 is 58.4 Å². The lowest BCUT2D eigenvalue weighted by Crippen LogP contribution is -2.38. The Labute approximate surface area is 286 Å². The maximum Gasteiger partial charge on any atom is 0.336 e. The number of alkyl halides is 3. The molecule has 3 N–H and O–H groups in total. The van der Waals surface area contributed by atoms with Crippen LogP contribution in [-0.4, -0.2) is 37.7 Å². The second-order valence-electron chi connectivity index (χ2n) is 10.9. The van der Waals surface area contributed by atoms with Gasteiger partial charge in [-0.05, 0) is 52.1 Å². The summed E-state index contributed by atoms with van der Waals surface area (Å²) < 4.78 is 11.2. The zero-order chi connectivity index (χ0) is 32.8. The Morgan fingerprint density at radius 3 is 2.24 bits per heavy atom. The average molecular weight is 701 g/mol. The number of ether oxygens (including phenoxy) is 2. The number of aromatic carboxylic acids is 1. The van der Waals surface area contributed by atoms with E-state index in [1.807, 2.05) is 78.9 Å². The standard InChI is InChI=1S/C35H32Cl3NO6S/c1-21-29(20-46-30-11-3-2-10-28(30)32(41)42)44-33(45-31(21)24-14-12-22(19-40)13-15-24)27-9-5-8-26(17-27)25-7-4-6-23(16-25)18-39-34(43)35(36,37)38/h2-17,21,29,31,33,40H,18-20H2,1H3,(H,39,43)(H,41,42)/t21-,29+,31+,33+/m0/s1. The van der Waals surface area contributed by atoms with Crippen LogP contribution in [0.1, 0.15) is 51.9 Å². The first-order chi connectivity index (χ1) is 22.0. The van der Waals surface area contributed by atoms with E-state index in [0.717, 1.165) is 33.4 Å². The fraction of sp³-hybridized carbons (Fsp3) is 0.257. The van der Waals surface area contributed by atoms with Gasteiger partial charge in [0.1, 0.15) is 0 Å². The van der Waals surface area contributed by atoms with Gasteiger partial charge in [-0.2, -0.15) is 0 Å². The highest BCUT2D eigenvalue weighted by Gasteiger charge is 2.38. The van der Waals surface area contributed by atoms with Crippen LogP contribution in [-0.2, 0) is 27.4 Å². The molecule has 46 heavy (non-hydrogen) atoms. The van der Waals surface area contributed by atoms with Crippen LogP contribution < -0.4 is 5.32 Å². The van der Waals surface area contributed by atoms with Crippen molar-refractivity contribution in [3.8, 4) is 11.1 Å². The first-order valence-corrected chi connectivity index (χ1v) is 16.7. The third-order valence-electron chi connectivity index (χ3n) is 7.77. The number of nitrogens with one attached hydrogen (secondary N) is 1. The molecule has 1 saturated heterocycles. The predicted octanol–water partition coefficient (Wildman–Crippen LogP) is 8.11. The summed E-state index contributed by atoms with van der Waals surface area (Å²) in [6.45, 7) is 2.20. The molecule has 1 aliphatic heterocycles. The van der Waals surface area contributed by atoms with E-state index in [2.05, 4.69) is 12.2 Å². The van der Waals surface area contributed by atoms with E-state index in [0.29, 0.717) is 10.6 Å². The fourth-order valence-corrected chi connectivity index (χ4v) is 6.67. The summed E-state index contributed by atoms with van der Waals surface area (Å²) in [6, 6.07) is 30.2. The number of hydrogen-bond donors (Lipinski definition) is 3. The molecule has 5 rings (SSSR count). The number of carboxylic acid groups (broad SMARTS) is 1. The molecule has 0 bridgehead atoms. The van der Waals surface area contributed by atoms with E-state index in [1.165, 1.54) is 11.8 Å². The van der Waals surface area contributed by atoms with Crippen molar-refractivity contribution in [1.29, 1.82) is 0 Å². The van der Waals surface area contributed by atoms with Crippen LogP contribution in [0, 0.1) is 5.92 Å². The number of aliphatic hydroxyl groups excluding tert-OH is 1. The Morgan fingerprint density at radius 2 is 1.54 bits per heavy atom. The van der Waals surface area contributed by atoms with Crippen LogP contribution in [0.4, 0.5) is 0 Å². The van der Waals surface area contributed by atoms with Gasteiger partial charge < -0.3 is 25.0 Å². The normalized spacial score (nSPS) is 19.8. The summed E-state index contributed by atoms with van der Waals surface area (Å²) in [4.78, 5) is 24.5. The van der Waals surface area contributed by atoms with Crippen LogP contribution >= 0.6 is 46.6 Å². The molecular formula is C35H32Cl3NO6S. The maximum absolute atomic E-state index is 12.0. The summed E-state index contributed by atoms with van der Waals surface area (Å²) in [5, 5.41) is 21.9. The minimum Gasteiger partial charge on any atom is -0.478 e. The van der Waals surface area contributed by atoms with Crippen LogP contribution in [0.5, 0.6) is 0 Å². The first-order valence-electron chi connectivity index (χ1n) is 14.5. The highest BCUT2D eigenvalue weighted by molar-refractivity contribution is 7.99. The number of hydrogen-bond acceptors (Lipinski definition) is 6. The van der Waals surface area contributed by atoms with Crippen LogP contribution in [0.2, 0.25) is 0 Å². The molecule has 240 valence electrons. The van der Waals surface area contributed by atoms with Gasteiger partial charge >= 0.3 is 5.97 Å². The lowest BCUT2D eigenvalue weighted by Gasteiger charge is -2.41. The molecule has 11 heteroatoms. The second kappa shape index (κ2) is 15.2. The molecule has 0 aromatic heterocycles. The predicted molar refractivity (Wildman–Crippen MR) is 181 cm³/mol. The molecule has 0 aliphatic carbocycles. The Hall–Kier alpha value is -3.08. The molecule has 0 unspecified atom stereocenters. The van der Waals surface area contributed by atoms with Crippen LogP contribution in [0.15, 0.2) is 102 Å². The van der Waals surface area contributed by atoms with Gasteiger partial charge in [-0.25, -0.2) is 4.79 Å². The van der Waals surface area contributed by atoms with Crippen LogP contribution in [0.25, 0.3) is 11.1 Å². The zero-order valence-electron chi connectivity index (χ0n) is 24.7. The number of amides is 1. The molecule has 7 nitrogen and oxygen atoms in total. The van der Waals surface area contributed by atoms with Crippen molar-refractivity contribution < 1.29 is 29.3 Å². The monoisotopic (exact) mass is 699 g/mol. The minimum atomic E-state index is -2.04. The molecule has 1 amide bonds. The van der Waals surface area contributed by atoms with E-state index in [1.54, 1.807) is 18.2 Å². The van der Waals surface area contributed by atoms with Gasteiger partial charge in [0.15, 0.2) is 6.29 Å². The van der Waals surface area contributed by atoms with Crippen molar-refractivity contribution in [2.24, 2.45) is 5.92 Å². The number of thioether (sulfide) groups is 1. The van der Waals surface area contributed by atoms with Gasteiger partial charge in [-0.15, -0.1) is 11.8 Å². The topological polar surface area (TPSA) is 105 Å². The molecule has 1 aliphatic rings. The number of rotatable bonds is 10. The molecule has 1 fully saturated rings. The van der Waals surface area contributed by atoms with E-state index in [4.69, 9.17) is 44.3 Å². The fourth-order valence-electron chi connectivity index (χ4n) is 5.26. The van der Waals surface area contributed by atoms with Crippen molar-refractivity contribution in [1.82, 2.24) is 5.32 Å². The van der Waals surface area contributed by atoms with Crippen molar-refractivity contribution in [3.63, 3.8) is 0 Å². The third-order valence-corrected chi connectivity index (χ3v) is 9.45. The van der Waals surface area contributed by atoms with Gasteiger partial charge in [0.2, 0.25) is 0 Å². The number of halogens is 3. The summed E-state index contributed by atoms with van der Waals surface area (Å²) in [5.74, 6) is -1.23. The molecular weight excluding hydrogens is 669 g/mol. The smallest absolute Gasteiger partial charge is 0.336 e. The Balaban J connectivity index is 1.41. The Bertz CT molecular complexity index is 1680. The van der Waals surface area contributed by atoms with Crippen molar-refractivity contribution in [2.45, 2.75) is 47.3 Å². The maximum atomic E-state index is 12.0. The molecule has 0 spiro atoms. The summed E-state index contributed by atoms with van der Waals surface area (Å²) in [6.07, 6.45) is -1.30. The molecule has 4 aromatic carbocycles. The van der Waals surface area contributed by atoms with Gasteiger partial charge in [-0.3, -0.25) is 4.79 Å². The summed E-state index contributed by atoms with van der Waals surface area (Å²) in [5.41, 5.74) is 5.50. The highest BCUT2D eigenvalue weighted by atomic mass is 35.6. The van der Waals surface area contributed by atoms with E-state index in [-0.39, 0.29) is 36.8 Å². The van der Waals surface area contributed by atoms with Gasteiger partial charge in [-0.1, -0.05) is 115 Å². The minimum absolute atomic E-state index is 0.0530. The Morgan fingerprint density at radius 1 is 0.848 bits per heavy atom. The van der Waals surface area contributed by atoms with E-state index < -0.39 is 22.0 Å². The number of benzene rings is 4. The lowest BCUT2D eigenvalue weighted by molar-refractivity contribution is -0.268. The SMILES string of the molecule is C[C@H]1[C@@H](CSc2ccccc2C(=O)O)O[C@@H](c2cccc(-c3cccc(CNC(=O)C(Cl)(Cl)Cl)c3)c2)O[C@H]1c1ccc(CO)cc1. The second-order valence-corrected chi connectivity index (χ2v) is 14.3. The number of carboxylic acids is 1. The molecule has 4 aromatic rings. The molecule has 4 atom stereocenters. The van der Waals surface area contributed by atoms with Crippen molar-refractivity contribution in [2.75, 3.05) is 5.75 Å². The lowest BCUT2D eigenvalue weighted by atomic mass is 9.91. The van der Waals surface area contributed by atoms with Gasteiger partial charge in [0.05, 0.1) is 24.4 Å². The van der Waals surface area contributed by atoms with E-state index in [9.17, 15) is 19.8 Å². The van der Waals surface area contributed by atoms with E-state index >= 15 is 0 Å². The van der Waals surface area contributed by atoms with Gasteiger partial charge in [0.25, 0.3) is 9.70 Å². The largest absolute Gasteiger partial charge is 0.478 e. The average Bonchev–Trinajstić information content (AvgIpc) is 3.06.